The predicted octanol–water partition coefficient (Wildman–Crippen LogP) is 3.88. The molecule has 0 aliphatic heterocycles. The van der Waals surface area contributed by atoms with Crippen molar-refractivity contribution in [1.29, 1.82) is 0 Å². The molecule has 0 rings (SSSR count). The smallest absolute Gasteiger partial charge is 0.427 e. The lowest BCUT2D eigenvalue weighted by molar-refractivity contribution is 0.411. The van der Waals surface area contributed by atoms with Gasteiger partial charge in [0.1, 0.15) is 0 Å². The van der Waals surface area contributed by atoms with Crippen molar-refractivity contribution in [2.75, 3.05) is 0 Å². The van der Waals surface area contributed by atoms with Crippen molar-refractivity contribution in [3.05, 3.63) is 34.9 Å². The molecule has 0 aromatic heterocycles. The van der Waals surface area contributed by atoms with Crippen molar-refractivity contribution in [2.24, 2.45) is 0 Å². The third kappa shape index (κ3) is 11.7. The SMILES string of the molecule is CC(C)=CCC/C(C)=C/CC/C(C)=C/CB(O)O. The molecule has 0 atom stereocenters. The van der Waals surface area contributed by atoms with E-state index in [1.807, 2.05) is 13.0 Å². The minimum absolute atomic E-state index is 0.328. The molecule has 102 valence electrons. The molecule has 0 aromatic carbocycles. The van der Waals surface area contributed by atoms with Gasteiger partial charge in [0.05, 0.1) is 0 Å². The van der Waals surface area contributed by atoms with E-state index in [-0.39, 0.29) is 0 Å². The summed E-state index contributed by atoms with van der Waals surface area (Å²) in [6, 6.07) is 0. The summed E-state index contributed by atoms with van der Waals surface area (Å²) >= 11 is 0. The van der Waals surface area contributed by atoms with Gasteiger partial charge in [0.2, 0.25) is 0 Å². The molecular weight excluding hydrogens is 223 g/mol. The average molecular weight is 250 g/mol. The van der Waals surface area contributed by atoms with Crippen LogP contribution < -0.4 is 0 Å². The van der Waals surface area contributed by atoms with Crippen molar-refractivity contribution < 1.29 is 10.0 Å². The largest absolute Gasteiger partial charge is 0.455 e. The molecule has 18 heavy (non-hydrogen) atoms. The van der Waals surface area contributed by atoms with Gasteiger partial charge in [-0.25, -0.2) is 0 Å². The van der Waals surface area contributed by atoms with E-state index in [9.17, 15) is 0 Å². The molecule has 2 nitrogen and oxygen atoms in total. The van der Waals surface area contributed by atoms with Gasteiger partial charge in [-0.2, -0.15) is 0 Å². The molecule has 3 heteroatoms. The van der Waals surface area contributed by atoms with E-state index in [4.69, 9.17) is 10.0 Å². The van der Waals surface area contributed by atoms with Crippen LogP contribution in [0.1, 0.15) is 53.4 Å². The molecule has 0 unspecified atom stereocenters. The molecule has 0 fully saturated rings. The maximum Gasteiger partial charge on any atom is 0.455 e. The van der Waals surface area contributed by atoms with Gasteiger partial charge in [-0.1, -0.05) is 34.9 Å². The summed E-state index contributed by atoms with van der Waals surface area (Å²) in [7, 11) is -1.22. The third-order valence-electron chi connectivity index (χ3n) is 2.80. The summed E-state index contributed by atoms with van der Waals surface area (Å²) < 4.78 is 0. The first-order chi connectivity index (χ1) is 8.41. The zero-order chi connectivity index (χ0) is 14.0. The molecule has 0 bridgehead atoms. The zero-order valence-corrected chi connectivity index (χ0v) is 12.2. The lowest BCUT2D eigenvalue weighted by Gasteiger charge is -2.01. The van der Waals surface area contributed by atoms with Gasteiger partial charge in [0.25, 0.3) is 0 Å². The fraction of sp³-hybridized carbons (Fsp3) is 0.600. The Labute approximate surface area is 112 Å². The van der Waals surface area contributed by atoms with Crippen LogP contribution in [0.4, 0.5) is 0 Å². The Morgan fingerprint density at radius 1 is 0.833 bits per heavy atom. The lowest BCUT2D eigenvalue weighted by Crippen LogP contribution is -2.08. The average Bonchev–Trinajstić information content (AvgIpc) is 2.25. The number of rotatable bonds is 8. The lowest BCUT2D eigenvalue weighted by atomic mass is 9.85. The van der Waals surface area contributed by atoms with E-state index < -0.39 is 7.12 Å². The molecule has 0 aliphatic carbocycles. The van der Waals surface area contributed by atoms with Crippen LogP contribution in [0, 0.1) is 0 Å². The predicted molar refractivity (Wildman–Crippen MR) is 80.4 cm³/mol. The van der Waals surface area contributed by atoms with E-state index in [1.54, 1.807) is 0 Å². The summed E-state index contributed by atoms with van der Waals surface area (Å²) in [6.07, 6.45) is 11.1. The van der Waals surface area contributed by atoms with Gasteiger partial charge in [0, 0.05) is 6.32 Å². The number of hydrogen-bond donors (Lipinski definition) is 2. The fourth-order valence-corrected chi connectivity index (χ4v) is 1.65. The molecule has 2 N–H and O–H groups in total. The van der Waals surface area contributed by atoms with Crippen LogP contribution in [0.5, 0.6) is 0 Å². The van der Waals surface area contributed by atoms with Crippen LogP contribution in [0.25, 0.3) is 0 Å². The Morgan fingerprint density at radius 2 is 1.33 bits per heavy atom. The second kappa shape index (κ2) is 10.2. The third-order valence-corrected chi connectivity index (χ3v) is 2.80. The second-order valence-electron chi connectivity index (χ2n) is 5.18. The quantitative estimate of drug-likeness (QED) is 0.507. The molecule has 0 aliphatic rings. The second-order valence-corrected chi connectivity index (χ2v) is 5.18. The highest BCUT2D eigenvalue weighted by Gasteiger charge is 2.02. The molecule has 0 heterocycles. The highest BCUT2D eigenvalue weighted by atomic mass is 16.4. The molecule has 0 aromatic rings. The highest BCUT2D eigenvalue weighted by molar-refractivity contribution is 6.41. The Morgan fingerprint density at radius 3 is 1.83 bits per heavy atom. The Kier molecular flexibility index (Phi) is 9.71. The Hall–Kier alpha value is -0.795. The van der Waals surface area contributed by atoms with Crippen LogP contribution in [0.3, 0.4) is 0 Å². The highest BCUT2D eigenvalue weighted by Crippen LogP contribution is 2.11. The minimum Gasteiger partial charge on any atom is -0.427 e. The summed E-state index contributed by atoms with van der Waals surface area (Å²) in [5.41, 5.74) is 4.03. The van der Waals surface area contributed by atoms with Crippen molar-refractivity contribution >= 4 is 7.12 Å². The van der Waals surface area contributed by atoms with Gasteiger partial charge in [-0.3, -0.25) is 0 Å². The summed E-state index contributed by atoms with van der Waals surface area (Å²) in [5, 5.41) is 17.5. The molecule has 0 saturated carbocycles. The van der Waals surface area contributed by atoms with E-state index in [1.165, 1.54) is 16.7 Å². The molecule has 0 saturated heterocycles. The summed E-state index contributed by atoms with van der Waals surface area (Å²) in [6.45, 7) is 8.47. The van der Waals surface area contributed by atoms with Crippen LogP contribution in [-0.2, 0) is 0 Å². The van der Waals surface area contributed by atoms with Crippen molar-refractivity contribution in [1.82, 2.24) is 0 Å². The van der Waals surface area contributed by atoms with Crippen molar-refractivity contribution in [3.8, 4) is 0 Å². The van der Waals surface area contributed by atoms with Crippen LogP contribution in [0.2, 0.25) is 6.32 Å². The van der Waals surface area contributed by atoms with Crippen LogP contribution in [-0.4, -0.2) is 17.2 Å². The molecular formula is C15H27BO2. The first-order valence-electron chi connectivity index (χ1n) is 6.72. The summed E-state index contributed by atoms with van der Waals surface area (Å²) in [4.78, 5) is 0. The maximum absolute atomic E-state index is 8.75. The first-order valence-corrected chi connectivity index (χ1v) is 6.72. The Balaban J connectivity index is 3.86. The molecule has 0 radical (unpaired) electrons. The van der Waals surface area contributed by atoms with Crippen LogP contribution >= 0.6 is 0 Å². The summed E-state index contributed by atoms with van der Waals surface area (Å²) in [5.74, 6) is 0. The zero-order valence-electron chi connectivity index (χ0n) is 12.2. The van der Waals surface area contributed by atoms with Gasteiger partial charge in [0.15, 0.2) is 0 Å². The maximum atomic E-state index is 8.75. The number of allylic oxidation sites excluding steroid dienone is 6. The standard InChI is InChI=1S/C15H27BO2/c1-13(2)7-5-8-14(3)9-6-10-15(4)11-12-16(17)18/h7,9,11,17-18H,5-6,8,10,12H2,1-4H3/b14-9+,15-11+. The minimum atomic E-state index is -1.22. The van der Waals surface area contributed by atoms with Gasteiger partial charge in [-0.05, 0) is 53.4 Å². The molecule has 0 amide bonds. The van der Waals surface area contributed by atoms with Crippen LogP contribution in [0.15, 0.2) is 34.9 Å². The van der Waals surface area contributed by atoms with E-state index in [0.717, 1.165) is 25.7 Å². The van der Waals surface area contributed by atoms with E-state index in [0.29, 0.717) is 6.32 Å². The van der Waals surface area contributed by atoms with Gasteiger partial charge in [-0.15, -0.1) is 0 Å². The topological polar surface area (TPSA) is 40.5 Å². The monoisotopic (exact) mass is 250 g/mol. The van der Waals surface area contributed by atoms with Crippen molar-refractivity contribution in [3.63, 3.8) is 0 Å². The van der Waals surface area contributed by atoms with Gasteiger partial charge < -0.3 is 10.0 Å². The van der Waals surface area contributed by atoms with Crippen molar-refractivity contribution in [2.45, 2.75) is 59.7 Å². The van der Waals surface area contributed by atoms with E-state index in [2.05, 4.69) is 32.9 Å². The molecule has 0 spiro atoms. The van der Waals surface area contributed by atoms with E-state index >= 15 is 0 Å². The first kappa shape index (κ1) is 17.2. The Bertz CT molecular complexity index is 310. The van der Waals surface area contributed by atoms with Gasteiger partial charge >= 0.3 is 7.12 Å². The fourth-order valence-electron chi connectivity index (χ4n) is 1.65. The number of hydrogen-bond acceptors (Lipinski definition) is 2. The normalized spacial score (nSPS) is 12.6.